The summed E-state index contributed by atoms with van der Waals surface area (Å²) in [6, 6.07) is 6.15. The van der Waals surface area contributed by atoms with Crippen LogP contribution in [0.1, 0.15) is 12.8 Å². The maximum absolute atomic E-state index is 6.32. The van der Waals surface area contributed by atoms with E-state index < -0.39 is 0 Å². The second kappa shape index (κ2) is 5.67. The predicted octanol–water partition coefficient (Wildman–Crippen LogP) is 2.68. The third-order valence-corrected chi connectivity index (χ3v) is 4.04. The van der Waals surface area contributed by atoms with E-state index in [0.717, 1.165) is 48.3 Å². The van der Waals surface area contributed by atoms with Gasteiger partial charge in [0.05, 0.1) is 18.0 Å². The standard InChI is InChI=1S/C16H21N3O/c1-19(10-12-3-2-8-20-11-12)15-5-4-13-9-18-7-6-14(13)16(15)17/h4-7,9,12H,2-3,8,10-11,17H2,1H3. The Balaban J connectivity index is 1.83. The Kier molecular flexibility index (Phi) is 3.74. The Morgan fingerprint density at radius 1 is 1.40 bits per heavy atom. The van der Waals surface area contributed by atoms with E-state index in [-0.39, 0.29) is 0 Å². The van der Waals surface area contributed by atoms with Gasteiger partial charge in [0.15, 0.2) is 0 Å². The molecule has 1 aliphatic heterocycles. The van der Waals surface area contributed by atoms with Crippen molar-refractivity contribution in [3.05, 3.63) is 30.6 Å². The number of aromatic nitrogens is 1. The molecule has 0 saturated carbocycles. The normalized spacial score (nSPS) is 19.1. The second-order valence-electron chi connectivity index (χ2n) is 5.56. The molecule has 0 spiro atoms. The van der Waals surface area contributed by atoms with Gasteiger partial charge in [0.1, 0.15) is 0 Å². The molecule has 0 bridgehead atoms. The first-order chi connectivity index (χ1) is 9.75. The minimum atomic E-state index is 0.598. The van der Waals surface area contributed by atoms with Crippen LogP contribution in [0.15, 0.2) is 30.6 Å². The highest BCUT2D eigenvalue weighted by atomic mass is 16.5. The molecule has 106 valence electrons. The van der Waals surface area contributed by atoms with E-state index in [2.05, 4.69) is 29.1 Å². The zero-order chi connectivity index (χ0) is 13.9. The zero-order valence-electron chi connectivity index (χ0n) is 11.9. The second-order valence-corrected chi connectivity index (χ2v) is 5.56. The van der Waals surface area contributed by atoms with Gasteiger partial charge >= 0.3 is 0 Å². The van der Waals surface area contributed by atoms with Gasteiger partial charge in [-0.3, -0.25) is 4.98 Å². The van der Waals surface area contributed by atoms with Crippen LogP contribution in [0, 0.1) is 5.92 Å². The predicted molar refractivity (Wildman–Crippen MR) is 83.0 cm³/mol. The van der Waals surface area contributed by atoms with Crippen molar-refractivity contribution in [3.63, 3.8) is 0 Å². The first-order valence-electron chi connectivity index (χ1n) is 7.17. The molecule has 3 rings (SSSR count). The van der Waals surface area contributed by atoms with E-state index in [4.69, 9.17) is 10.5 Å². The molecule has 1 unspecified atom stereocenters. The number of nitrogen functional groups attached to an aromatic ring is 1. The number of benzene rings is 1. The molecule has 0 amide bonds. The molecule has 1 atom stereocenters. The SMILES string of the molecule is CN(CC1CCCOC1)c1ccc2cnccc2c1N. The number of nitrogens with two attached hydrogens (primary N) is 1. The van der Waals surface area contributed by atoms with Gasteiger partial charge < -0.3 is 15.4 Å². The number of ether oxygens (including phenoxy) is 1. The molecule has 0 radical (unpaired) electrons. The Morgan fingerprint density at radius 3 is 3.10 bits per heavy atom. The van der Waals surface area contributed by atoms with E-state index in [1.54, 1.807) is 6.20 Å². The Labute approximate surface area is 119 Å². The lowest BCUT2D eigenvalue weighted by Gasteiger charge is -2.29. The van der Waals surface area contributed by atoms with Crippen LogP contribution in [0.4, 0.5) is 11.4 Å². The van der Waals surface area contributed by atoms with Gasteiger partial charge in [-0.15, -0.1) is 0 Å². The molecule has 1 saturated heterocycles. The fourth-order valence-corrected chi connectivity index (χ4v) is 2.95. The van der Waals surface area contributed by atoms with Crippen molar-refractivity contribution in [1.82, 2.24) is 4.98 Å². The number of fused-ring (bicyclic) bond motifs is 1. The molecular formula is C16H21N3O. The fraction of sp³-hybridized carbons (Fsp3) is 0.438. The summed E-state index contributed by atoms with van der Waals surface area (Å²) in [6.45, 7) is 2.76. The summed E-state index contributed by atoms with van der Waals surface area (Å²) in [5.74, 6) is 0.598. The lowest BCUT2D eigenvalue weighted by atomic mass is 10.0. The minimum absolute atomic E-state index is 0.598. The molecule has 2 N–H and O–H groups in total. The van der Waals surface area contributed by atoms with Crippen LogP contribution in [-0.2, 0) is 4.74 Å². The lowest BCUT2D eigenvalue weighted by molar-refractivity contribution is 0.0576. The van der Waals surface area contributed by atoms with Crippen molar-refractivity contribution >= 4 is 22.1 Å². The van der Waals surface area contributed by atoms with E-state index in [0.29, 0.717) is 5.92 Å². The molecule has 0 aliphatic carbocycles. The van der Waals surface area contributed by atoms with Gasteiger partial charge in [-0.25, -0.2) is 0 Å². The maximum atomic E-state index is 6.32. The van der Waals surface area contributed by atoms with Crippen molar-refractivity contribution in [3.8, 4) is 0 Å². The Bertz CT molecular complexity index is 593. The molecule has 4 heteroatoms. The van der Waals surface area contributed by atoms with Gasteiger partial charge in [0, 0.05) is 43.4 Å². The number of nitrogens with zero attached hydrogens (tertiary/aromatic N) is 2. The summed E-state index contributed by atoms with van der Waals surface area (Å²) in [5, 5.41) is 2.16. The highest BCUT2D eigenvalue weighted by molar-refractivity contribution is 5.98. The topological polar surface area (TPSA) is 51.4 Å². The Morgan fingerprint density at radius 2 is 2.30 bits per heavy atom. The molecule has 1 aromatic heterocycles. The van der Waals surface area contributed by atoms with Crippen molar-refractivity contribution < 1.29 is 4.74 Å². The fourth-order valence-electron chi connectivity index (χ4n) is 2.95. The molecule has 2 heterocycles. The number of anilines is 2. The van der Waals surface area contributed by atoms with Crippen molar-refractivity contribution in [2.45, 2.75) is 12.8 Å². The number of pyridine rings is 1. The summed E-state index contributed by atoms with van der Waals surface area (Å²) in [5.41, 5.74) is 8.25. The number of rotatable bonds is 3. The molecule has 1 fully saturated rings. The first-order valence-corrected chi connectivity index (χ1v) is 7.17. The van der Waals surface area contributed by atoms with Crippen molar-refractivity contribution in [1.29, 1.82) is 0 Å². The van der Waals surface area contributed by atoms with Gasteiger partial charge in [-0.1, -0.05) is 6.07 Å². The van der Waals surface area contributed by atoms with Crippen LogP contribution in [0.5, 0.6) is 0 Å². The van der Waals surface area contributed by atoms with E-state index >= 15 is 0 Å². The van der Waals surface area contributed by atoms with Gasteiger partial charge in [0.25, 0.3) is 0 Å². The average molecular weight is 271 g/mol. The van der Waals surface area contributed by atoms with E-state index in [1.165, 1.54) is 6.42 Å². The molecular weight excluding hydrogens is 250 g/mol. The van der Waals surface area contributed by atoms with E-state index in [1.807, 2.05) is 12.3 Å². The number of hydrogen-bond acceptors (Lipinski definition) is 4. The summed E-state index contributed by atoms with van der Waals surface area (Å²) in [4.78, 5) is 6.38. The van der Waals surface area contributed by atoms with Gasteiger partial charge in [-0.05, 0) is 30.9 Å². The summed E-state index contributed by atoms with van der Waals surface area (Å²) in [6.07, 6.45) is 6.04. The third kappa shape index (κ3) is 2.56. The number of hydrogen-bond donors (Lipinski definition) is 1. The van der Waals surface area contributed by atoms with Crippen LogP contribution >= 0.6 is 0 Å². The van der Waals surface area contributed by atoms with Crippen molar-refractivity contribution in [2.24, 2.45) is 5.92 Å². The highest BCUT2D eigenvalue weighted by Gasteiger charge is 2.17. The van der Waals surface area contributed by atoms with Crippen LogP contribution < -0.4 is 10.6 Å². The third-order valence-electron chi connectivity index (χ3n) is 4.04. The van der Waals surface area contributed by atoms with Gasteiger partial charge in [0.2, 0.25) is 0 Å². The van der Waals surface area contributed by atoms with Crippen LogP contribution in [0.2, 0.25) is 0 Å². The molecule has 1 aromatic carbocycles. The van der Waals surface area contributed by atoms with Crippen LogP contribution in [0.3, 0.4) is 0 Å². The Hall–Kier alpha value is -1.81. The van der Waals surface area contributed by atoms with Crippen LogP contribution in [-0.4, -0.2) is 31.8 Å². The highest BCUT2D eigenvalue weighted by Crippen LogP contribution is 2.31. The minimum Gasteiger partial charge on any atom is -0.397 e. The largest absolute Gasteiger partial charge is 0.397 e. The van der Waals surface area contributed by atoms with E-state index in [9.17, 15) is 0 Å². The first kappa shape index (κ1) is 13.2. The molecule has 1 aliphatic rings. The zero-order valence-corrected chi connectivity index (χ0v) is 11.9. The summed E-state index contributed by atoms with van der Waals surface area (Å²) < 4.78 is 5.55. The van der Waals surface area contributed by atoms with Gasteiger partial charge in [-0.2, -0.15) is 0 Å². The van der Waals surface area contributed by atoms with Crippen molar-refractivity contribution in [2.75, 3.05) is 37.4 Å². The lowest BCUT2D eigenvalue weighted by Crippen LogP contribution is -2.31. The molecule has 4 nitrogen and oxygen atoms in total. The van der Waals surface area contributed by atoms with Crippen LogP contribution in [0.25, 0.3) is 10.8 Å². The average Bonchev–Trinajstić information content (AvgIpc) is 2.49. The summed E-state index contributed by atoms with van der Waals surface area (Å²) >= 11 is 0. The monoisotopic (exact) mass is 271 g/mol. The molecule has 20 heavy (non-hydrogen) atoms. The summed E-state index contributed by atoms with van der Waals surface area (Å²) in [7, 11) is 2.10. The quantitative estimate of drug-likeness (QED) is 0.872. The maximum Gasteiger partial charge on any atom is 0.0632 e. The smallest absolute Gasteiger partial charge is 0.0632 e. The molecule has 2 aromatic rings.